The second-order valence-electron chi connectivity index (χ2n) is 5.32. The molecule has 1 saturated carbocycles. The summed E-state index contributed by atoms with van der Waals surface area (Å²) >= 11 is 0. The number of hydrogen-bond donors (Lipinski definition) is 3. The van der Waals surface area contributed by atoms with E-state index in [1.54, 1.807) is 6.33 Å². The smallest absolute Gasteiger partial charge is 0.148 e. The zero-order chi connectivity index (χ0) is 12.5. The summed E-state index contributed by atoms with van der Waals surface area (Å²) in [5, 5.41) is 3.53. The van der Waals surface area contributed by atoms with Crippen molar-refractivity contribution >= 4 is 11.6 Å². The van der Waals surface area contributed by atoms with Gasteiger partial charge in [-0.1, -0.05) is 13.8 Å². The van der Waals surface area contributed by atoms with E-state index < -0.39 is 0 Å². The Morgan fingerprint density at radius 3 is 2.41 bits per heavy atom. The SMILES string of the molecule is CC(C)c1c(NN)ncnc1NC1(C)CCC1. The third-order valence-corrected chi connectivity index (χ3v) is 3.48. The van der Waals surface area contributed by atoms with E-state index >= 15 is 0 Å². The molecule has 4 N–H and O–H groups in total. The molecule has 0 atom stereocenters. The first-order valence-corrected chi connectivity index (χ1v) is 6.15. The number of nitrogens with one attached hydrogen (secondary N) is 2. The molecule has 0 aromatic carbocycles. The Balaban J connectivity index is 2.32. The quantitative estimate of drug-likeness (QED) is 0.551. The van der Waals surface area contributed by atoms with Gasteiger partial charge in [-0.2, -0.15) is 0 Å². The van der Waals surface area contributed by atoms with E-state index in [9.17, 15) is 0 Å². The van der Waals surface area contributed by atoms with Crippen LogP contribution in [-0.2, 0) is 0 Å². The van der Waals surface area contributed by atoms with E-state index in [1.165, 1.54) is 19.3 Å². The van der Waals surface area contributed by atoms with Crippen LogP contribution < -0.4 is 16.6 Å². The van der Waals surface area contributed by atoms with E-state index in [0.717, 1.165) is 11.4 Å². The Bertz CT molecular complexity index is 398. The molecule has 1 aromatic heterocycles. The third-order valence-electron chi connectivity index (χ3n) is 3.48. The number of rotatable bonds is 4. The molecule has 0 spiro atoms. The number of nitrogens with zero attached hydrogens (tertiary/aromatic N) is 2. The number of anilines is 2. The van der Waals surface area contributed by atoms with Gasteiger partial charge in [-0.05, 0) is 32.1 Å². The normalized spacial score (nSPS) is 17.7. The molecular weight excluding hydrogens is 214 g/mol. The van der Waals surface area contributed by atoms with Gasteiger partial charge in [-0.3, -0.25) is 0 Å². The lowest BCUT2D eigenvalue weighted by Gasteiger charge is -2.40. The predicted octanol–water partition coefficient (Wildman–Crippen LogP) is 2.24. The Morgan fingerprint density at radius 1 is 1.29 bits per heavy atom. The van der Waals surface area contributed by atoms with Gasteiger partial charge in [0.25, 0.3) is 0 Å². The second kappa shape index (κ2) is 4.49. The molecule has 0 aliphatic heterocycles. The first-order chi connectivity index (χ1) is 8.06. The summed E-state index contributed by atoms with van der Waals surface area (Å²) in [7, 11) is 0. The highest BCUT2D eigenvalue weighted by atomic mass is 15.3. The van der Waals surface area contributed by atoms with E-state index in [0.29, 0.717) is 11.7 Å². The number of aromatic nitrogens is 2. The minimum absolute atomic E-state index is 0.184. The average Bonchev–Trinajstić information content (AvgIpc) is 2.26. The van der Waals surface area contributed by atoms with E-state index in [4.69, 9.17) is 5.84 Å². The van der Waals surface area contributed by atoms with Crippen LogP contribution in [0.25, 0.3) is 0 Å². The lowest BCUT2D eigenvalue weighted by atomic mass is 9.78. The van der Waals surface area contributed by atoms with Crippen molar-refractivity contribution in [2.75, 3.05) is 10.7 Å². The molecule has 0 bridgehead atoms. The maximum Gasteiger partial charge on any atom is 0.148 e. The molecule has 1 aromatic rings. The molecule has 1 heterocycles. The molecule has 0 radical (unpaired) electrons. The van der Waals surface area contributed by atoms with Crippen molar-refractivity contribution in [3.05, 3.63) is 11.9 Å². The van der Waals surface area contributed by atoms with Crippen LogP contribution in [0.1, 0.15) is 51.5 Å². The minimum Gasteiger partial charge on any atom is -0.365 e. The Kier molecular flexibility index (Phi) is 3.19. The van der Waals surface area contributed by atoms with Gasteiger partial charge >= 0.3 is 0 Å². The number of hydrazine groups is 1. The lowest BCUT2D eigenvalue weighted by Crippen LogP contribution is -2.42. The highest BCUT2D eigenvalue weighted by molar-refractivity contribution is 5.59. The molecule has 0 unspecified atom stereocenters. The zero-order valence-electron chi connectivity index (χ0n) is 10.7. The van der Waals surface area contributed by atoms with E-state index in [-0.39, 0.29) is 5.54 Å². The molecular formula is C12H21N5. The summed E-state index contributed by atoms with van der Waals surface area (Å²) in [4.78, 5) is 8.52. The molecule has 1 fully saturated rings. The zero-order valence-corrected chi connectivity index (χ0v) is 10.7. The van der Waals surface area contributed by atoms with Gasteiger partial charge in [0.2, 0.25) is 0 Å². The van der Waals surface area contributed by atoms with Crippen LogP contribution in [0.3, 0.4) is 0 Å². The van der Waals surface area contributed by atoms with Crippen LogP contribution in [-0.4, -0.2) is 15.5 Å². The van der Waals surface area contributed by atoms with Crippen molar-refractivity contribution in [1.29, 1.82) is 0 Å². The average molecular weight is 235 g/mol. The van der Waals surface area contributed by atoms with Crippen LogP contribution in [0.15, 0.2) is 6.33 Å². The van der Waals surface area contributed by atoms with Crippen molar-refractivity contribution in [1.82, 2.24) is 9.97 Å². The van der Waals surface area contributed by atoms with Crippen molar-refractivity contribution < 1.29 is 0 Å². The predicted molar refractivity (Wildman–Crippen MR) is 69.8 cm³/mol. The van der Waals surface area contributed by atoms with E-state index in [2.05, 4.69) is 41.5 Å². The summed E-state index contributed by atoms with van der Waals surface area (Å²) in [6.07, 6.45) is 5.22. The Morgan fingerprint density at radius 2 is 1.94 bits per heavy atom. The van der Waals surface area contributed by atoms with Gasteiger partial charge < -0.3 is 10.7 Å². The fourth-order valence-corrected chi connectivity index (χ4v) is 2.28. The fraction of sp³-hybridized carbons (Fsp3) is 0.667. The van der Waals surface area contributed by atoms with Gasteiger partial charge in [0.05, 0.1) is 0 Å². The van der Waals surface area contributed by atoms with Crippen LogP contribution in [0.5, 0.6) is 0 Å². The summed E-state index contributed by atoms with van der Waals surface area (Å²) in [5.74, 6) is 7.44. The van der Waals surface area contributed by atoms with Gasteiger partial charge in [0.15, 0.2) is 0 Å². The standard InChI is InChI=1S/C12H21N5/c1-8(2)9-10(14-7-15-11(9)17-13)16-12(3)5-4-6-12/h7-8H,4-6,13H2,1-3H3,(H2,14,15,16,17). The van der Waals surface area contributed by atoms with Crippen molar-refractivity contribution in [2.45, 2.75) is 51.5 Å². The minimum atomic E-state index is 0.184. The van der Waals surface area contributed by atoms with Gasteiger partial charge in [0, 0.05) is 11.1 Å². The molecule has 5 heteroatoms. The van der Waals surface area contributed by atoms with Crippen molar-refractivity contribution in [3.8, 4) is 0 Å². The Hall–Kier alpha value is -1.36. The summed E-state index contributed by atoms with van der Waals surface area (Å²) < 4.78 is 0. The van der Waals surface area contributed by atoms with Crippen LogP contribution in [0.2, 0.25) is 0 Å². The molecule has 1 aliphatic carbocycles. The highest BCUT2D eigenvalue weighted by Crippen LogP contribution is 2.37. The molecule has 5 nitrogen and oxygen atoms in total. The summed E-state index contributed by atoms with van der Waals surface area (Å²) in [5.41, 5.74) is 3.89. The molecule has 1 aliphatic rings. The van der Waals surface area contributed by atoms with E-state index in [1.807, 2.05) is 0 Å². The molecule has 17 heavy (non-hydrogen) atoms. The second-order valence-corrected chi connectivity index (χ2v) is 5.32. The molecule has 0 saturated heterocycles. The Labute approximate surface area is 102 Å². The van der Waals surface area contributed by atoms with Gasteiger partial charge in [-0.25, -0.2) is 15.8 Å². The lowest BCUT2D eigenvalue weighted by molar-refractivity contribution is 0.305. The first kappa shape index (κ1) is 12.1. The largest absolute Gasteiger partial charge is 0.365 e. The van der Waals surface area contributed by atoms with Crippen LogP contribution in [0.4, 0.5) is 11.6 Å². The fourth-order valence-electron chi connectivity index (χ4n) is 2.28. The summed E-state index contributed by atoms with van der Waals surface area (Å²) in [6.45, 7) is 6.47. The maximum absolute atomic E-state index is 5.50. The van der Waals surface area contributed by atoms with Crippen molar-refractivity contribution in [2.24, 2.45) is 5.84 Å². The highest BCUT2D eigenvalue weighted by Gasteiger charge is 2.33. The molecule has 2 rings (SSSR count). The van der Waals surface area contributed by atoms with Crippen molar-refractivity contribution in [3.63, 3.8) is 0 Å². The van der Waals surface area contributed by atoms with Crippen LogP contribution >= 0.6 is 0 Å². The maximum atomic E-state index is 5.50. The van der Waals surface area contributed by atoms with Gasteiger partial charge in [0.1, 0.15) is 18.0 Å². The topological polar surface area (TPSA) is 75.9 Å². The monoisotopic (exact) mass is 235 g/mol. The first-order valence-electron chi connectivity index (χ1n) is 6.15. The number of nitrogens with two attached hydrogens (primary N) is 1. The molecule has 0 amide bonds. The summed E-state index contributed by atoms with van der Waals surface area (Å²) in [6, 6.07) is 0. The third kappa shape index (κ3) is 2.34. The van der Waals surface area contributed by atoms with Gasteiger partial charge in [-0.15, -0.1) is 0 Å². The molecule has 94 valence electrons. The van der Waals surface area contributed by atoms with Crippen LogP contribution in [0, 0.1) is 0 Å². The number of hydrogen-bond acceptors (Lipinski definition) is 5. The number of nitrogen functional groups attached to an aromatic ring is 1.